The molecule has 0 aromatic carbocycles. The van der Waals surface area contributed by atoms with Crippen LogP contribution in [-0.4, -0.2) is 19.0 Å². The van der Waals surface area contributed by atoms with Gasteiger partial charge in [-0.15, -0.1) is 0 Å². The van der Waals surface area contributed by atoms with Crippen molar-refractivity contribution in [1.82, 2.24) is 0 Å². The van der Waals surface area contributed by atoms with Crippen LogP contribution in [0.2, 0.25) is 0 Å². The first-order valence-corrected chi connectivity index (χ1v) is 5.02. The third-order valence-electron chi connectivity index (χ3n) is 2.05. The van der Waals surface area contributed by atoms with Gasteiger partial charge in [0.2, 0.25) is 0 Å². The quantitative estimate of drug-likeness (QED) is 0.552. The summed E-state index contributed by atoms with van der Waals surface area (Å²) in [5.41, 5.74) is 0. The molecule has 0 unspecified atom stereocenters. The molecule has 0 aromatic rings. The fourth-order valence-electron chi connectivity index (χ4n) is 1.25. The first-order chi connectivity index (χ1) is 5.74. The van der Waals surface area contributed by atoms with Crippen molar-refractivity contribution in [2.24, 2.45) is 0 Å². The van der Waals surface area contributed by atoms with Crippen LogP contribution in [0.1, 0.15) is 47.0 Å². The van der Waals surface area contributed by atoms with E-state index in [1.54, 1.807) is 0 Å². The molecule has 0 bridgehead atoms. The van der Waals surface area contributed by atoms with Gasteiger partial charge >= 0.3 is 0 Å². The zero-order valence-electron chi connectivity index (χ0n) is 8.85. The summed E-state index contributed by atoms with van der Waals surface area (Å²) >= 11 is 0. The number of hydrogen-bond acceptors (Lipinski definition) is 2. The zero-order chi connectivity index (χ0) is 9.45. The van der Waals surface area contributed by atoms with E-state index in [9.17, 15) is 0 Å². The van der Waals surface area contributed by atoms with E-state index in [2.05, 4.69) is 20.8 Å². The molecule has 0 saturated heterocycles. The third-order valence-corrected chi connectivity index (χ3v) is 2.05. The maximum absolute atomic E-state index is 5.70. The molecule has 12 heavy (non-hydrogen) atoms. The summed E-state index contributed by atoms with van der Waals surface area (Å²) in [6.45, 7) is 9.86. The fourth-order valence-corrected chi connectivity index (χ4v) is 1.25. The Balaban J connectivity index is 3.95. The van der Waals surface area contributed by atoms with Gasteiger partial charge in [-0.3, -0.25) is 0 Å². The molecule has 0 fully saturated rings. The van der Waals surface area contributed by atoms with Crippen molar-refractivity contribution >= 4 is 0 Å². The lowest BCUT2D eigenvalue weighted by Crippen LogP contribution is -2.34. The molecule has 2 nitrogen and oxygen atoms in total. The third kappa shape index (κ3) is 3.55. The van der Waals surface area contributed by atoms with Gasteiger partial charge in [0.25, 0.3) is 0 Å². The van der Waals surface area contributed by atoms with Crippen LogP contribution in [0.5, 0.6) is 0 Å². The smallest absolute Gasteiger partial charge is 0.167 e. The van der Waals surface area contributed by atoms with Crippen molar-refractivity contribution in [2.45, 2.75) is 52.7 Å². The molecule has 0 aliphatic heterocycles. The molecule has 0 spiro atoms. The highest BCUT2D eigenvalue weighted by atomic mass is 16.7. The molecule has 0 heterocycles. The van der Waals surface area contributed by atoms with Crippen molar-refractivity contribution in [3.05, 3.63) is 0 Å². The summed E-state index contributed by atoms with van der Waals surface area (Å²) in [5.74, 6) is -0.315. The van der Waals surface area contributed by atoms with Gasteiger partial charge in [-0.05, 0) is 26.2 Å². The first-order valence-electron chi connectivity index (χ1n) is 5.02. The van der Waals surface area contributed by atoms with Crippen LogP contribution in [-0.2, 0) is 9.47 Å². The molecule has 0 aromatic heterocycles. The molecule has 0 atom stereocenters. The second-order valence-electron chi connectivity index (χ2n) is 2.90. The number of ether oxygens (including phenoxy) is 2. The molecule has 0 amide bonds. The minimum atomic E-state index is -0.315. The molecular formula is C10H22O2. The van der Waals surface area contributed by atoms with E-state index < -0.39 is 0 Å². The topological polar surface area (TPSA) is 18.5 Å². The van der Waals surface area contributed by atoms with E-state index in [1.165, 1.54) is 0 Å². The number of hydrogen-bond donors (Lipinski definition) is 0. The van der Waals surface area contributed by atoms with Crippen LogP contribution >= 0.6 is 0 Å². The van der Waals surface area contributed by atoms with Crippen LogP contribution in [0.25, 0.3) is 0 Å². The highest BCUT2D eigenvalue weighted by Crippen LogP contribution is 2.22. The number of rotatable bonds is 7. The van der Waals surface area contributed by atoms with Crippen LogP contribution < -0.4 is 0 Å². The Labute approximate surface area is 76.3 Å². The van der Waals surface area contributed by atoms with Crippen molar-refractivity contribution in [3.63, 3.8) is 0 Å². The second-order valence-corrected chi connectivity index (χ2v) is 2.90. The highest BCUT2D eigenvalue weighted by molar-refractivity contribution is 4.65. The van der Waals surface area contributed by atoms with Gasteiger partial charge in [-0.25, -0.2) is 0 Å². The van der Waals surface area contributed by atoms with Crippen molar-refractivity contribution in [1.29, 1.82) is 0 Å². The van der Waals surface area contributed by atoms with Crippen molar-refractivity contribution < 1.29 is 9.47 Å². The molecular weight excluding hydrogens is 152 g/mol. The summed E-state index contributed by atoms with van der Waals surface area (Å²) in [7, 11) is 0. The average Bonchev–Trinajstić information content (AvgIpc) is 2.13. The van der Waals surface area contributed by atoms with Crippen LogP contribution in [0, 0.1) is 0 Å². The van der Waals surface area contributed by atoms with Gasteiger partial charge in [0.15, 0.2) is 5.79 Å². The second kappa shape index (κ2) is 6.44. The standard InChI is InChI=1S/C10H22O2/c1-5-9-12-10(6-2,7-3)11-8-4/h5-9H2,1-4H3. The zero-order valence-corrected chi connectivity index (χ0v) is 8.85. The predicted molar refractivity (Wildman–Crippen MR) is 51.2 cm³/mol. The normalized spacial score (nSPS) is 12.0. The van der Waals surface area contributed by atoms with E-state index in [-0.39, 0.29) is 5.79 Å². The predicted octanol–water partition coefficient (Wildman–Crippen LogP) is 2.97. The highest BCUT2D eigenvalue weighted by Gasteiger charge is 2.26. The lowest BCUT2D eigenvalue weighted by Gasteiger charge is -2.31. The van der Waals surface area contributed by atoms with E-state index in [0.29, 0.717) is 0 Å². The van der Waals surface area contributed by atoms with Crippen molar-refractivity contribution in [2.75, 3.05) is 13.2 Å². The van der Waals surface area contributed by atoms with E-state index >= 15 is 0 Å². The summed E-state index contributed by atoms with van der Waals surface area (Å²) in [6.07, 6.45) is 2.91. The Morgan fingerprint density at radius 2 is 1.50 bits per heavy atom. The molecule has 0 rings (SSSR count). The van der Waals surface area contributed by atoms with Gasteiger partial charge in [0.05, 0.1) is 0 Å². The fraction of sp³-hybridized carbons (Fsp3) is 1.00. The Kier molecular flexibility index (Phi) is 6.39. The Morgan fingerprint density at radius 3 is 1.83 bits per heavy atom. The average molecular weight is 174 g/mol. The Bertz CT molecular complexity index is 98.0. The first kappa shape index (κ1) is 11.9. The molecule has 0 N–H and O–H groups in total. The van der Waals surface area contributed by atoms with Gasteiger partial charge in [0.1, 0.15) is 0 Å². The minimum Gasteiger partial charge on any atom is -0.350 e. The van der Waals surface area contributed by atoms with E-state index in [0.717, 1.165) is 32.5 Å². The molecule has 2 heteroatoms. The largest absolute Gasteiger partial charge is 0.350 e. The summed E-state index contributed by atoms with van der Waals surface area (Å²) < 4.78 is 11.3. The minimum absolute atomic E-state index is 0.315. The van der Waals surface area contributed by atoms with E-state index in [4.69, 9.17) is 9.47 Å². The van der Waals surface area contributed by atoms with Gasteiger partial charge < -0.3 is 9.47 Å². The molecule has 0 aliphatic rings. The Morgan fingerprint density at radius 1 is 0.917 bits per heavy atom. The van der Waals surface area contributed by atoms with Crippen molar-refractivity contribution in [3.8, 4) is 0 Å². The molecule has 0 radical (unpaired) electrons. The lowest BCUT2D eigenvalue weighted by molar-refractivity contribution is -0.238. The Hall–Kier alpha value is -0.0800. The monoisotopic (exact) mass is 174 g/mol. The summed E-state index contributed by atoms with van der Waals surface area (Å²) in [5, 5.41) is 0. The molecule has 74 valence electrons. The molecule has 0 saturated carbocycles. The van der Waals surface area contributed by atoms with Crippen LogP contribution in [0.15, 0.2) is 0 Å². The van der Waals surface area contributed by atoms with Gasteiger partial charge in [0, 0.05) is 13.2 Å². The summed E-state index contributed by atoms with van der Waals surface area (Å²) in [6, 6.07) is 0. The SMILES string of the molecule is CCCOC(CC)(CC)OCC. The van der Waals surface area contributed by atoms with Crippen LogP contribution in [0.3, 0.4) is 0 Å². The van der Waals surface area contributed by atoms with E-state index in [1.807, 2.05) is 6.92 Å². The maximum Gasteiger partial charge on any atom is 0.167 e. The van der Waals surface area contributed by atoms with Gasteiger partial charge in [-0.2, -0.15) is 0 Å². The summed E-state index contributed by atoms with van der Waals surface area (Å²) in [4.78, 5) is 0. The molecule has 0 aliphatic carbocycles. The van der Waals surface area contributed by atoms with Crippen LogP contribution in [0.4, 0.5) is 0 Å². The van der Waals surface area contributed by atoms with Gasteiger partial charge in [-0.1, -0.05) is 20.8 Å². The lowest BCUT2D eigenvalue weighted by atomic mass is 10.1. The maximum atomic E-state index is 5.70.